The van der Waals surface area contributed by atoms with Gasteiger partial charge in [-0.05, 0) is 32.0 Å². The number of furan rings is 1. The topological polar surface area (TPSA) is 59.8 Å². The third kappa shape index (κ3) is 3.36. The second-order valence-electron chi connectivity index (χ2n) is 5.20. The molecule has 0 saturated carbocycles. The van der Waals surface area contributed by atoms with E-state index in [9.17, 15) is 9.59 Å². The van der Waals surface area contributed by atoms with Gasteiger partial charge in [-0.1, -0.05) is 17.7 Å². The average Bonchev–Trinajstić information content (AvgIpc) is 2.86. The zero-order valence-corrected chi connectivity index (χ0v) is 13.2. The Morgan fingerprint density at radius 2 is 1.95 bits per heavy atom. The molecule has 0 saturated heterocycles. The minimum atomic E-state index is -0.444. The van der Waals surface area contributed by atoms with Gasteiger partial charge in [-0.15, -0.1) is 0 Å². The molecule has 0 atom stereocenters. The van der Waals surface area contributed by atoms with E-state index in [1.807, 2.05) is 25.1 Å². The smallest absolute Gasteiger partial charge is 0.341 e. The van der Waals surface area contributed by atoms with Crippen LogP contribution in [-0.4, -0.2) is 30.9 Å². The van der Waals surface area contributed by atoms with Crippen molar-refractivity contribution in [3.05, 3.63) is 58.5 Å². The van der Waals surface area contributed by atoms with Crippen molar-refractivity contribution in [2.24, 2.45) is 0 Å². The van der Waals surface area contributed by atoms with Gasteiger partial charge >= 0.3 is 5.97 Å². The molecule has 22 heavy (non-hydrogen) atoms. The molecule has 0 aliphatic heterocycles. The molecule has 0 fully saturated rings. The Morgan fingerprint density at radius 1 is 1.23 bits per heavy atom. The van der Waals surface area contributed by atoms with E-state index in [2.05, 4.69) is 4.74 Å². The van der Waals surface area contributed by atoms with Crippen LogP contribution in [0.15, 0.2) is 34.7 Å². The lowest BCUT2D eigenvalue weighted by atomic mass is 10.1. The van der Waals surface area contributed by atoms with Crippen LogP contribution in [0.3, 0.4) is 0 Å². The van der Waals surface area contributed by atoms with Crippen molar-refractivity contribution in [1.29, 1.82) is 0 Å². The summed E-state index contributed by atoms with van der Waals surface area (Å²) in [6.45, 7) is 3.91. The summed E-state index contributed by atoms with van der Waals surface area (Å²) in [6, 6.07) is 9.02. The minimum absolute atomic E-state index is 0.0997. The van der Waals surface area contributed by atoms with Gasteiger partial charge in [0.1, 0.15) is 17.1 Å². The van der Waals surface area contributed by atoms with Crippen LogP contribution in [-0.2, 0) is 11.3 Å². The first-order valence-electron chi connectivity index (χ1n) is 6.92. The fraction of sp³-hybridized carbons (Fsp3) is 0.294. The Hall–Kier alpha value is -2.56. The molecule has 1 heterocycles. The molecule has 0 aliphatic rings. The highest BCUT2D eigenvalue weighted by Gasteiger charge is 2.18. The predicted octanol–water partition coefficient (Wildman–Crippen LogP) is 2.96. The van der Waals surface area contributed by atoms with E-state index in [1.165, 1.54) is 7.11 Å². The molecule has 0 N–H and O–H groups in total. The lowest BCUT2D eigenvalue weighted by molar-refractivity contribution is 0.0598. The van der Waals surface area contributed by atoms with Crippen molar-refractivity contribution in [3.63, 3.8) is 0 Å². The molecule has 116 valence electrons. The van der Waals surface area contributed by atoms with Crippen molar-refractivity contribution in [1.82, 2.24) is 4.90 Å². The lowest BCUT2D eigenvalue weighted by Crippen LogP contribution is -2.26. The van der Waals surface area contributed by atoms with Gasteiger partial charge in [0.2, 0.25) is 0 Å². The molecule has 5 nitrogen and oxygen atoms in total. The summed E-state index contributed by atoms with van der Waals surface area (Å²) in [7, 11) is 3.02. The Bertz CT molecular complexity index is 702. The maximum Gasteiger partial charge on any atom is 0.341 e. The fourth-order valence-electron chi connectivity index (χ4n) is 2.24. The first-order valence-corrected chi connectivity index (χ1v) is 6.92. The molecular formula is C17H19NO4. The third-order valence-electron chi connectivity index (χ3n) is 3.38. The molecule has 2 rings (SSSR count). The van der Waals surface area contributed by atoms with E-state index in [0.717, 1.165) is 5.56 Å². The normalized spacial score (nSPS) is 10.4. The number of nitrogens with zero attached hydrogens (tertiary/aromatic N) is 1. The first kappa shape index (κ1) is 15.8. The number of carbonyl (C=O) groups excluding carboxylic acids is 2. The number of amides is 1. The number of benzene rings is 1. The zero-order chi connectivity index (χ0) is 16.3. The Balaban J connectivity index is 2.13. The van der Waals surface area contributed by atoms with E-state index in [0.29, 0.717) is 22.6 Å². The summed E-state index contributed by atoms with van der Waals surface area (Å²) >= 11 is 0. The molecule has 0 spiro atoms. The Labute approximate surface area is 129 Å². The molecule has 1 amide bonds. The van der Waals surface area contributed by atoms with Gasteiger partial charge in [-0.25, -0.2) is 4.79 Å². The fourth-order valence-corrected chi connectivity index (χ4v) is 2.24. The molecule has 1 aromatic heterocycles. The molecule has 1 aromatic carbocycles. The van der Waals surface area contributed by atoms with Crippen LogP contribution in [0.25, 0.3) is 0 Å². The van der Waals surface area contributed by atoms with Gasteiger partial charge in [0.15, 0.2) is 0 Å². The van der Waals surface area contributed by atoms with Crippen molar-refractivity contribution in [3.8, 4) is 0 Å². The summed E-state index contributed by atoms with van der Waals surface area (Å²) in [6.07, 6.45) is 0. The summed E-state index contributed by atoms with van der Waals surface area (Å²) in [5.74, 6) is 0.484. The molecule has 2 aromatic rings. The van der Waals surface area contributed by atoms with Crippen molar-refractivity contribution < 1.29 is 18.7 Å². The van der Waals surface area contributed by atoms with E-state index in [1.54, 1.807) is 31.0 Å². The van der Waals surface area contributed by atoms with Gasteiger partial charge in [-0.2, -0.15) is 0 Å². The molecular weight excluding hydrogens is 282 g/mol. The number of aryl methyl sites for hydroxylation is 2. The number of hydrogen-bond donors (Lipinski definition) is 0. The number of carbonyl (C=O) groups is 2. The Morgan fingerprint density at radius 3 is 2.59 bits per heavy atom. The van der Waals surface area contributed by atoms with E-state index in [-0.39, 0.29) is 12.5 Å². The standard InChI is InChI=1S/C17H19NO4/c1-11-6-5-7-13(8-11)16(19)18(3)10-14-9-15(12(2)22-14)17(20)21-4/h5-9H,10H2,1-4H3. The van der Waals surface area contributed by atoms with E-state index in [4.69, 9.17) is 4.42 Å². The second-order valence-corrected chi connectivity index (χ2v) is 5.20. The van der Waals surface area contributed by atoms with Crippen LogP contribution < -0.4 is 0 Å². The largest absolute Gasteiger partial charge is 0.465 e. The van der Waals surface area contributed by atoms with Gasteiger partial charge in [0.25, 0.3) is 5.91 Å². The summed E-state index contributed by atoms with van der Waals surface area (Å²) in [4.78, 5) is 25.5. The highest BCUT2D eigenvalue weighted by molar-refractivity contribution is 5.94. The Kier molecular flexibility index (Phi) is 4.65. The molecule has 5 heteroatoms. The average molecular weight is 301 g/mol. The van der Waals surface area contributed by atoms with Gasteiger partial charge in [0.05, 0.1) is 13.7 Å². The van der Waals surface area contributed by atoms with E-state index >= 15 is 0 Å². The van der Waals surface area contributed by atoms with Crippen LogP contribution in [0.4, 0.5) is 0 Å². The van der Waals surface area contributed by atoms with Crippen LogP contribution in [0.5, 0.6) is 0 Å². The van der Waals surface area contributed by atoms with Gasteiger partial charge in [-0.3, -0.25) is 4.79 Å². The third-order valence-corrected chi connectivity index (χ3v) is 3.38. The van der Waals surface area contributed by atoms with Crippen LogP contribution >= 0.6 is 0 Å². The van der Waals surface area contributed by atoms with Gasteiger partial charge < -0.3 is 14.1 Å². The SMILES string of the molecule is COC(=O)c1cc(CN(C)C(=O)c2cccc(C)c2)oc1C. The van der Waals surface area contributed by atoms with Crippen LogP contribution in [0.2, 0.25) is 0 Å². The maximum atomic E-state index is 12.4. The minimum Gasteiger partial charge on any atom is -0.465 e. The number of methoxy groups -OCH3 is 1. The quantitative estimate of drug-likeness (QED) is 0.815. The van der Waals surface area contributed by atoms with E-state index < -0.39 is 5.97 Å². The summed E-state index contributed by atoms with van der Waals surface area (Å²) < 4.78 is 10.2. The molecule has 0 radical (unpaired) electrons. The molecule has 0 aliphatic carbocycles. The van der Waals surface area contributed by atoms with Crippen molar-refractivity contribution >= 4 is 11.9 Å². The summed E-state index contributed by atoms with van der Waals surface area (Å²) in [5, 5.41) is 0. The monoisotopic (exact) mass is 301 g/mol. The summed E-state index contributed by atoms with van der Waals surface area (Å²) in [5.41, 5.74) is 2.04. The van der Waals surface area contributed by atoms with Gasteiger partial charge in [0, 0.05) is 12.6 Å². The zero-order valence-electron chi connectivity index (χ0n) is 13.2. The predicted molar refractivity (Wildman–Crippen MR) is 81.8 cm³/mol. The lowest BCUT2D eigenvalue weighted by Gasteiger charge is -2.16. The molecule has 0 unspecified atom stereocenters. The second kappa shape index (κ2) is 6.47. The number of rotatable bonds is 4. The van der Waals surface area contributed by atoms with Crippen LogP contribution in [0, 0.1) is 13.8 Å². The highest BCUT2D eigenvalue weighted by Crippen LogP contribution is 2.18. The van der Waals surface area contributed by atoms with Crippen molar-refractivity contribution in [2.75, 3.05) is 14.2 Å². The van der Waals surface area contributed by atoms with Crippen LogP contribution in [0.1, 0.15) is 37.8 Å². The molecule has 0 bridgehead atoms. The van der Waals surface area contributed by atoms with Crippen molar-refractivity contribution in [2.45, 2.75) is 20.4 Å². The number of hydrogen-bond acceptors (Lipinski definition) is 4. The first-order chi connectivity index (χ1) is 10.4. The number of esters is 1. The highest BCUT2D eigenvalue weighted by atomic mass is 16.5. The number of ether oxygens (including phenoxy) is 1. The maximum absolute atomic E-state index is 12.4.